The molecule has 0 atom stereocenters. The van der Waals surface area contributed by atoms with Crippen LogP contribution >= 0.6 is 23.2 Å². The van der Waals surface area contributed by atoms with E-state index in [0.717, 1.165) is 31.5 Å². The number of piperidine rings is 1. The molecule has 1 aliphatic rings. The lowest BCUT2D eigenvalue weighted by atomic mass is 9.89. The van der Waals surface area contributed by atoms with Crippen molar-refractivity contribution in [2.24, 2.45) is 0 Å². The van der Waals surface area contributed by atoms with Crippen molar-refractivity contribution in [2.75, 3.05) is 26.2 Å². The number of halogens is 2. The van der Waals surface area contributed by atoms with Crippen LogP contribution in [0.2, 0.25) is 10.0 Å². The summed E-state index contributed by atoms with van der Waals surface area (Å²) in [4.78, 5) is 13.7. The van der Waals surface area contributed by atoms with Gasteiger partial charge in [0.15, 0.2) is 0 Å². The molecule has 1 N–H and O–H groups in total. The Bertz CT molecular complexity index is 528. The lowest BCUT2D eigenvalue weighted by Crippen LogP contribution is -2.41. The second-order valence-electron chi connectivity index (χ2n) is 5.12. The molecule has 0 unspecified atom stereocenters. The second kappa shape index (κ2) is 7.65. The quantitative estimate of drug-likeness (QED) is 0.866. The van der Waals surface area contributed by atoms with E-state index in [9.17, 15) is 4.79 Å². The van der Waals surface area contributed by atoms with Crippen molar-refractivity contribution in [2.45, 2.75) is 18.8 Å². The van der Waals surface area contributed by atoms with Gasteiger partial charge in [0, 0.05) is 10.0 Å². The van der Waals surface area contributed by atoms with Crippen LogP contribution in [0.15, 0.2) is 18.2 Å². The Labute approximate surface area is 134 Å². The number of nitrogens with zero attached hydrogens (tertiary/aromatic N) is 2. The molecule has 2 rings (SSSR count). The molecule has 0 radical (unpaired) electrons. The normalized spacial score (nSPS) is 16.4. The van der Waals surface area contributed by atoms with E-state index in [-0.39, 0.29) is 12.5 Å². The number of nitriles is 1. The van der Waals surface area contributed by atoms with Crippen molar-refractivity contribution in [3.8, 4) is 6.07 Å². The lowest BCUT2D eigenvalue weighted by Gasteiger charge is -2.32. The number of carbonyl (C=O) groups excluding carboxylic acids is 1. The summed E-state index contributed by atoms with van der Waals surface area (Å²) in [6.07, 6.45) is 1.85. The highest BCUT2D eigenvalue weighted by Gasteiger charge is 2.24. The first-order chi connectivity index (χ1) is 10.1. The maximum absolute atomic E-state index is 11.6. The maximum atomic E-state index is 11.6. The summed E-state index contributed by atoms with van der Waals surface area (Å²) in [6, 6.07) is 7.48. The summed E-state index contributed by atoms with van der Waals surface area (Å²) < 4.78 is 0. The van der Waals surface area contributed by atoms with Gasteiger partial charge in [-0.05, 0) is 49.5 Å². The van der Waals surface area contributed by atoms with Gasteiger partial charge in [-0.1, -0.05) is 29.3 Å². The summed E-state index contributed by atoms with van der Waals surface area (Å²) in [6.45, 7) is 2.05. The molecular formula is C15H17Cl2N3O. The van der Waals surface area contributed by atoms with Crippen LogP contribution in [0, 0.1) is 11.3 Å². The van der Waals surface area contributed by atoms with E-state index in [0.29, 0.717) is 22.5 Å². The molecule has 0 aliphatic carbocycles. The molecule has 1 saturated heterocycles. The summed E-state index contributed by atoms with van der Waals surface area (Å²) in [5, 5.41) is 12.4. The second-order valence-corrected chi connectivity index (χ2v) is 5.93. The summed E-state index contributed by atoms with van der Waals surface area (Å²) >= 11 is 12.5. The predicted octanol–water partition coefficient (Wildman–Crippen LogP) is 2.81. The van der Waals surface area contributed by atoms with Crippen molar-refractivity contribution in [1.29, 1.82) is 5.26 Å². The molecule has 4 nitrogen and oxygen atoms in total. The molecule has 1 aromatic carbocycles. The molecule has 1 aromatic rings. The van der Waals surface area contributed by atoms with Crippen molar-refractivity contribution >= 4 is 29.1 Å². The van der Waals surface area contributed by atoms with Gasteiger partial charge in [0.25, 0.3) is 0 Å². The highest BCUT2D eigenvalue weighted by molar-refractivity contribution is 6.36. The van der Waals surface area contributed by atoms with Gasteiger partial charge >= 0.3 is 0 Å². The van der Waals surface area contributed by atoms with Crippen LogP contribution in [0.4, 0.5) is 0 Å². The van der Waals surface area contributed by atoms with Crippen LogP contribution < -0.4 is 5.32 Å². The molecular weight excluding hydrogens is 309 g/mol. The SMILES string of the molecule is N#CCNC(=O)CN1CCC(c2c(Cl)cccc2Cl)CC1. The fourth-order valence-corrected chi connectivity index (χ4v) is 3.38. The highest BCUT2D eigenvalue weighted by atomic mass is 35.5. The minimum atomic E-state index is -0.106. The minimum absolute atomic E-state index is 0.0600. The molecule has 21 heavy (non-hydrogen) atoms. The zero-order valence-electron chi connectivity index (χ0n) is 11.6. The molecule has 1 fully saturated rings. The van der Waals surface area contributed by atoms with Gasteiger partial charge in [-0.2, -0.15) is 5.26 Å². The van der Waals surface area contributed by atoms with Crippen molar-refractivity contribution in [3.63, 3.8) is 0 Å². The fraction of sp³-hybridized carbons (Fsp3) is 0.467. The van der Waals surface area contributed by atoms with Gasteiger partial charge in [0.1, 0.15) is 6.54 Å². The largest absolute Gasteiger partial charge is 0.342 e. The standard InChI is InChI=1S/C15H17Cl2N3O/c16-12-2-1-3-13(17)15(12)11-4-8-20(9-5-11)10-14(21)19-7-6-18/h1-3,11H,4-5,7-10H2,(H,19,21). The monoisotopic (exact) mass is 325 g/mol. The first-order valence-corrected chi connectivity index (χ1v) is 7.67. The van der Waals surface area contributed by atoms with Crippen LogP contribution in [0.3, 0.4) is 0 Å². The van der Waals surface area contributed by atoms with Gasteiger partial charge in [-0.25, -0.2) is 0 Å². The molecule has 1 aliphatic heterocycles. The van der Waals surface area contributed by atoms with Crippen LogP contribution in [0.1, 0.15) is 24.3 Å². The summed E-state index contributed by atoms with van der Waals surface area (Å²) in [7, 11) is 0. The zero-order valence-corrected chi connectivity index (χ0v) is 13.1. The van der Waals surface area contributed by atoms with Crippen molar-refractivity contribution in [3.05, 3.63) is 33.8 Å². The van der Waals surface area contributed by atoms with Gasteiger partial charge < -0.3 is 5.32 Å². The third-order valence-electron chi connectivity index (χ3n) is 3.73. The Balaban J connectivity index is 1.89. The average Bonchev–Trinajstić information content (AvgIpc) is 2.46. The topological polar surface area (TPSA) is 56.1 Å². The Morgan fingerprint density at radius 1 is 1.33 bits per heavy atom. The molecule has 0 spiro atoms. The van der Waals surface area contributed by atoms with E-state index >= 15 is 0 Å². The van der Waals surface area contributed by atoms with E-state index in [1.165, 1.54) is 0 Å². The van der Waals surface area contributed by atoms with Crippen LogP contribution in [-0.4, -0.2) is 37.0 Å². The van der Waals surface area contributed by atoms with Crippen molar-refractivity contribution < 1.29 is 4.79 Å². The zero-order chi connectivity index (χ0) is 15.2. The number of benzene rings is 1. The molecule has 0 aromatic heterocycles. The molecule has 1 amide bonds. The Morgan fingerprint density at radius 3 is 2.52 bits per heavy atom. The molecule has 6 heteroatoms. The van der Waals surface area contributed by atoms with Gasteiger partial charge in [0.05, 0.1) is 12.6 Å². The predicted molar refractivity (Wildman–Crippen MR) is 83.5 cm³/mol. The molecule has 0 bridgehead atoms. The average molecular weight is 326 g/mol. The number of likely N-dealkylation sites (tertiary alicyclic amines) is 1. The third-order valence-corrected chi connectivity index (χ3v) is 4.39. The van der Waals surface area contributed by atoms with E-state index in [1.54, 1.807) is 0 Å². The molecule has 112 valence electrons. The van der Waals surface area contributed by atoms with Crippen LogP contribution in [-0.2, 0) is 4.79 Å². The number of carbonyl (C=O) groups is 1. The van der Waals surface area contributed by atoms with Gasteiger partial charge in [-0.3, -0.25) is 9.69 Å². The van der Waals surface area contributed by atoms with E-state index < -0.39 is 0 Å². The van der Waals surface area contributed by atoms with Crippen LogP contribution in [0.5, 0.6) is 0 Å². The maximum Gasteiger partial charge on any atom is 0.235 e. The Kier molecular flexibility index (Phi) is 5.86. The van der Waals surface area contributed by atoms with Gasteiger partial charge in [0.2, 0.25) is 5.91 Å². The minimum Gasteiger partial charge on any atom is -0.342 e. The van der Waals surface area contributed by atoms with E-state index in [2.05, 4.69) is 10.2 Å². The van der Waals surface area contributed by atoms with E-state index in [1.807, 2.05) is 24.3 Å². The van der Waals surface area contributed by atoms with Crippen LogP contribution in [0.25, 0.3) is 0 Å². The number of hydrogen-bond acceptors (Lipinski definition) is 3. The number of amides is 1. The summed E-state index contributed by atoms with van der Waals surface area (Å²) in [5.74, 6) is 0.232. The highest BCUT2D eigenvalue weighted by Crippen LogP contribution is 2.37. The fourth-order valence-electron chi connectivity index (χ4n) is 2.68. The number of rotatable bonds is 4. The first kappa shape index (κ1) is 16.1. The third kappa shape index (κ3) is 4.34. The molecule has 0 saturated carbocycles. The van der Waals surface area contributed by atoms with Gasteiger partial charge in [-0.15, -0.1) is 0 Å². The number of nitrogens with one attached hydrogen (secondary N) is 1. The Morgan fingerprint density at radius 2 is 1.95 bits per heavy atom. The smallest absolute Gasteiger partial charge is 0.235 e. The Hall–Kier alpha value is -1.28. The first-order valence-electron chi connectivity index (χ1n) is 6.91. The summed E-state index contributed by atoms with van der Waals surface area (Å²) in [5.41, 5.74) is 1.02. The lowest BCUT2D eigenvalue weighted by molar-refractivity contribution is -0.122. The number of hydrogen-bond donors (Lipinski definition) is 1. The van der Waals surface area contributed by atoms with E-state index in [4.69, 9.17) is 28.5 Å². The molecule has 1 heterocycles. The van der Waals surface area contributed by atoms with Crippen molar-refractivity contribution in [1.82, 2.24) is 10.2 Å².